The Balaban J connectivity index is 1.79. The van der Waals surface area contributed by atoms with Crippen molar-refractivity contribution in [2.24, 2.45) is 11.3 Å². The van der Waals surface area contributed by atoms with Crippen molar-refractivity contribution in [3.63, 3.8) is 0 Å². The molecule has 1 aliphatic rings. The lowest BCUT2D eigenvalue weighted by Crippen LogP contribution is -2.40. The van der Waals surface area contributed by atoms with Gasteiger partial charge >= 0.3 is 6.18 Å². The van der Waals surface area contributed by atoms with Gasteiger partial charge in [0, 0.05) is 18.0 Å². The lowest BCUT2D eigenvalue weighted by molar-refractivity contribution is -0.182. The van der Waals surface area contributed by atoms with Gasteiger partial charge in [-0.3, -0.25) is 9.59 Å². The zero-order chi connectivity index (χ0) is 33.7. The number of amides is 2. The van der Waals surface area contributed by atoms with Crippen molar-refractivity contribution in [1.29, 1.82) is 0 Å². The number of ether oxygens (including phenoxy) is 1. The molecule has 1 aliphatic carbocycles. The quantitative estimate of drug-likeness (QED) is 0.141. The summed E-state index contributed by atoms with van der Waals surface area (Å²) in [7, 11) is 0. The number of benzene rings is 1. The fraction of sp³-hybridized carbons (Fsp3) is 0.500. The molecular weight excluding hydrogens is 666 g/mol. The van der Waals surface area contributed by atoms with Gasteiger partial charge in [0.15, 0.2) is 17.5 Å². The number of thiocarbonyl (C=S) groups is 1. The van der Waals surface area contributed by atoms with Crippen molar-refractivity contribution in [2.45, 2.75) is 71.6 Å². The first kappa shape index (κ1) is 36.3. The predicted octanol–water partition coefficient (Wildman–Crippen LogP) is 6.94. The number of pyridine rings is 1. The van der Waals surface area contributed by atoms with E-state index >= 15 is 0 Å². The molecule has 0 saturated heterocycles. The average Bonchev–Trinajstić information content (AvgIpc) is 2.93. The van der Waals surface area contributed by atoms with Gasteiger partial charge in [-0.05, 0) is 55.6 Å². The van der Waals surface area contributed by atoms with Crippen LogP contribution in [0.4, 0.5) is 39.1 Å². The Bertz CT molecular complexity index is 1420. The van der Waals surface area contributed by atoms with E-state index in [1.165, 1.54) is 6.07 Å². The molecule has 9 nitrogen and oxygen atoms in total. The fourth-order valence-electron chi connectivity index (χ4n) is 4.41. The van der Waals surface area contributed by atoms with E-state index in [1.807, 2.05) is 0 Å². The molecule has 0 unspecified atom stereocenters. The Hall–Kier alpha value is -3.17. The second kappa shape index (κ2) is 14.9. The average molecular weight is 700 g/mol. The molecule has 0 spiro atoms. The highest BCUT2D eigenvalue weighted by Gasteiger charge is 2.41. The number of hydrogen-bond donors (Lipinski definition) is 5. The molecular formula is C28H33Cl2F5N6O3S. The molecule has 248 valence electrons. The second-order valence-electron chi connectivity index (χ2n) is 11.4. The first-order valence-electron chi connectivity index (χ1n) is 13.8. The van der Waals surface area contributed by atoms with Gasteiger partial charge in [-0.15, -0.1) is 0 Å². The van der Waals surface area contributed by atoms with E-state index in [0.717, 1.165) is 0 Å². The smallest absolute Gasteiger partial charge is 0.391 e. The number of rotatable bonds is 9. The van der Waals surface area contributed by atoms with Gasteiger partial charge < -0.3 is 31.7 Å². The van der Waals surface area contributed by atoms with Crippen LogP contribution in [0.1, 0.15) is 62.4 Å². The summed E-state index contributed by atoms with van der Waals surface area (Å²) in [5.74, 6) is -3.21. The summed E-state index contributed by atoms with van der Waals surface area (Å²) < 4.78 is 70.0. The third-order valence-electron chi connectivity index (χ3n) is 6.91. The zero-order valence-electron chi connectivity index (χ0n) is 24.5. The van der Waals surface area contributed by atoms with Crippen molar-refractivity contribution in [1.82, 2.24) is 15.6 Å². The largest absolute Gasteiger partial charge is 0.471 e. The highest BCUT2D eigenvalue weighted by atomic mass is 35.5. The van der Waals surface area contributed by atoms with E-state index in [4.69, 9.17) is 45.9 Å². The number of aromatic nitrogens is 1. The minimum Gasteiger partial charge on any atom is -0.471 e. The van der Waals surface area contributed by atoms with Crippen LogP contribution >= 0.6 is 35.4 Å². The van der Waals surface area contributed by atoms with Crippen molar-refractivity contribution < 1.29 is 36.3 Å². The van der Waals surface area contributed by atoms with Crippen LogP contribution in [0.5, 0.6) is 5.88 Å². The first-order chi connectivity index (χ1) is 20.9. The van der Waals surface area contributed by atoms with Gasteiger partial charge in [0.2, 0.25) is 11.8 Å². The third kappa shape index (κ3) is 10.2. The van der Waals surface area contributed by atoms with E-state index in [9.17, 15) is 31.5 Å². The van der Waals surface area contributed by atoms with Gasteiger partial charge in [-0.25, -0.2) is 8.78 Å². The minimum atomic E-state index is -4.32. The molecule has 0 bridgehead atoms. The van der Waals surface area contributed by atoms with Gasteiger partial charge in [-0.1, -0.05) is 50.0 Å². The standard InChI is InChI=1S/C28H33Cl2F5N6O3S/c1-27(2,3)25(43)37-11-13-4-9-17(29)21(20(13)30)40-26(45)39-18-10-16(24(41-22(18)36)44-12-19(31)32)23(42)38-15-7-5-14(6-8-15)28(33,34)35/h4,9-10,14-15,19H,5-8,11-12H2,1-3H3,(H2,36,41)(H,37,43)(H,38,42)(H2,39,40,45)/t14-,15-. The molecule has 1 aromatic carbocycles. The Labute approximate surface area is 272 Å². The fourth-order valence-corrected chi connectivity index (χ4v) is 5.15. The molecule has 1 heterocycles. The number of alkyl halides is 5. The number of nitrogen functional groups attached to an aromatic ring is 1. The number of halogens is 7. The topological polar surface area (TPSA) is 130 Å². The third-order valence-corrected chi connectivity index (χ3v) is 7.86. The van der Waals surface area contributed by atoms with Crippen LogP contribution in [0.3, 0.4) is 0 Å². The summed E-state index contributed by atoms with van der Waals surface area (Å²) in [6.07, 6.45) is -7.38. The minimum absolute atomic E-state index is 0.0105. The summed E-state index contributed by atoms with van der Waals surface area (Å²) in [5, 5.41) is 11.3. The second-order valence-corrected chi connectivity index (χ2v) is 12.6. The molecule has 2 aromatic rings. The zero-order valence-corrected chi connectivity index (χ0v) is 26.8. The van der Waals surface area contributed by atoms with Gasteiger partial charge in [0.25, 0.3) is 12.3 Å². The summed E-state index contributed by atoms with van der Waals surface area (Å²) in [6.45, 7) is 4.31. The maximum absolute atomic E-state index is 13.2. The van der Waals surface area contributed by atoms with Crippen molar-refractivity contribution in [3.8, 4) is 5.88 Å². The van der Waals surface area contributed by atoms with Crippen LogP contribution in [-0.4, -0.2) is 47.2 Å². The summed E-state index contributed by atoms with van der Waals surface area (Å²) >= 11 is 18.3. The molecule has 6 N–H and O–H groups in total. The van der Waals surface area contributed by atoms with E-state index in [-0.39, 0.29) is 76.0 Å². The Kier molecular flexibility index (Phi) is 12.1. The molecule has 0 aliphatic heterocycles. The first-order valence-corrected chi connectivity index (χ1v) is 15.0. The molecule has 17 heteroatoms. The number of nitrogens with one attached hydrogen (secondary N) is 4. The summed E-state index contributed by atoms with van der Waals surface area (Å²) in [6, 6.07) is 3.78. The van der Waals surface area contributed by atoms with Crippen LogP contribution in [0, 0.1) is 11.3 Å². The van der Waals surface area contributed by atoms with Crippen molar-refractivity contribution in [2.75, 3.05) is 23.0 Å². The summed E-state index contributed by atoms with van der Waals surface area (Å²) in [5.41, 5.74) is 5.82. The highest BCUT2D eigenvalue weighted by Crippen LogP contribution is 2.38. The lowest BCUT2D eigenvalue weighted by atomic mass is 9.85. The number of anilines is 3. The molecule has 45 heavy (non-hydrogen) atoms. The van der Waals surface area contributed by atoms with Crippen LogP contribution in [-0.2, 0) is 11.3 Å². The number of carbonyl (C=O) groups excluding carboxylic acids is 2. The van der Waals surface area contributed by atoms with Crippen LogP contribution in [0.15, 0.2) is 18.2 Å². The highest BCUT2D eigenvalue weighted by molar-refractivity contribution is 7.80. The molecule has 0 radical (unpaired) electrons. The van der Waals surface area contributed by atoms with Crippen LogP contribution < -0.4 is 31.7 Å². The molecule has 1 aromatic heterocycles. The predicted molar refractivity (Wildman–Crippen MR) is 167 cm³/mol. The number of nitrogens with zero attached hydrogens (tertiary/aromatic N) is 1. The maximum Gasteiger partial charge on any atom is 0.391 e. The Morgan fingerprint density at radius 1 is 1.11 bits per heavy atom. The van der Waals surface area contributed by atoms with E-state index in [0.29, 0.717) is 5.56 Å². The van der Waals surface area contributed by atoms with Crippen LogP contribution in [0.2, 0.25) is 10.0 Å². The monoisotopic (exact) mass is 698 g/mol. The Morgan fingerprint density at radius 2 is 1.76 bits per heavy atom. The SMILES string of the molecule is CC(C)(C)C(=O)NCc1ccc(Cl)c(NC(=S)Nc2cc(C(=O)N[C@H]3CC[C@H](C(F)(F)F)CC3)c(OCC(F)F)nc2N)c1Cl. The van der Waals surface area contributed by atoms with Gasteiger partial charge in [-0.2, -0.15) is 18.2 Å². The van der Waals surface area contributed by atoms with E-state index < -0.39 is 48.4 Å². The normalized spacial score (nSPS) is 17.0. The van der Waals surface area contributed by atoms with Gasteiger partial charge in [0.1, 0.15) is 5.56 Å². The molecule has 3 rings (SSSR count). The van der Waals surface area contributed by atoms with E-state index in [2.05, 4.69) is 26.3 Å². The van der Waals surface area contributed by atoms with Gasteiger partial charge in [0.05, 0.1) is 27.3 Å². The van der Waals surface area contributed by atoms with Crippen LogP contribution in [0.25, 0.3) is 0 Å². The molecule has 2 amide bonds. The van der Waals surface area contributed by atoms with E-state index in [1.54, 1.807) is 32.9 Å². The number of hydrogen-bond acceptors (Lipinski definition) is 6. The van der Waals surface area contributed by atoms with Crippen molar-refractivity contribution >= 4 is 69.5 Å². The molecule has 1 saturated carbocycles. The molecule has 0 atom stereocenters. The Morgan fingerprint density at radius 3 is 2.33 bits per heavy atom. The lowest BCUT2D eigenvalue weighted by Gasteiger charge is -2.30. The number of carbonyl (C=O) groups is 2. The summed E-state index contributed by atoms with van der Waals surface area (Å²) in [4.78, 5) is 29.4. The molecule has 1 fully saturated rings. The number of nitrogens with two attached hydrogens (primary N) is 1. The maximum atomic E-state index is 13.2. The van der Waals surface area contributed by atoms with Crippen molar-refractivity contribution in [3.05, 3.63) is 39.4 Å².